The molecule has 2 aromatic heterocycles. The van der Waals surface area contributed by atoms with Gasteiger partial charge in [0.1, 0.15) is 0 Å². The van der Waals surface area contributed by atoms with Gasteiger partial charge in [-0.1, -0.05) is 6.07 Å². The van der Waals surface area contributed by atoms with Crippen LogP contribution in [-0.4, -0.2) is 27.6 Å². The Labute approximate surface area is 114 Å². The van der Waals surface area contributed by atoms with E-state index < -0.39 is 0 Å². The molecule has 1 aliphatic rings. The van der Waals surface area contributed by atoms with Gasteiger partial charge in [-0.25, -0.2) is 0 Å². The van der Waals surface area contributed by atoms with Crippen molar-refractivity contribution in [3.8, 4) is 0 Å². The first-order chi connectivity index (χ1) is 9.74. The third-order valence-corrected chi connectivity index (χ3v) is 3.32. The van der Waals surface area contributed by atoms with E-state index in [-0.39, 0.29) is 11.5 Å². The van der Waals surface area contributed by atoms with Gasteiger partial charge in [-0.2, -0.15) is 5.10 Å². The number of nitrogens with zero attached hydrogens (tertiary/aromatic N) is 1. The second-order valence-corrected chi connectivity index (χ2v) is 4.70. The molecule has 3 heterocycles. The van der Waals surface area contributed by atoms with E-state index in [0.29, 0.717) is 18.8 Å². The molecule has 0 atom stereocenters. The van der Waals surface area contributed by atoms with Gasteiger partial charge in [0.25, 0.3) is 5.91 Å². The summed E-state index contributed by atoms with van der Waals surface area (Å²) in [4.78, 5) is 25.6. The van der Waals surface area contributed by atoms with Crippen molar-refractivity contribution >= 4 is 5.91 Å². The third kappa shape index (κ3) is 2.48. The molecule has 0 unspecified atom stereocenters. The second kappa shape index (κ2) is 5.30. The van der Waals surface area contributed by atoms with Crippen LogP contribution in [0, 0.1) is 0 Å². The Hall–Kier alpha value is -2.41. The Balaban J connectivity index is 1.69. The fourth-order valence-corrected chi connectivity index (χ4v) is 2.23. The first kappa shape index (κ1) is 12.6. The van der Waals surface area contributed by atoms with Crippen LogP contribution in [0.25, 0.3) is 0 Å². The highest BCUT2D eigenvalue weighted by atomic mass is 16.2. The molecule has 0 bridgehead atoms. The largest absolute Gasteiger partial charge is 0.346 e. The van der Waals surface area contributed by atoms with Crippen molar-refractivity contribution in [2.75, 3.05) is 6.54 Å². The van der Waals surface area contributed by atoms with Gasteiger partial charge in [-0.15, -0.1) is 0 Å². The van der Waals surface area contributed by atoms with Gasteiger partial charge >= 0.3 is 0 Å². The zero-order valence-corrected chi connectivity index (χ0v) is 10.8. The van der Waals surface area contributed by atoms with Gasteiger partial charge < -0.3 is 15.6 Å². The lowest BCUT2D eigenvalue weighted by molar-refractivity contribution is 0.0944. The van der Waals surface area contributed by atoms with Crippen LogP contribution in [0.5, 0.6) is 0 Å². The van der Waals surface area contributed by atoms with Crippen molar-refractivity contribution < 1.29 is 4.79 Å². The molecule has 104 valence electrons. The van der Waals surface area contributed by atoms with E-state index in [9.17, 15) is 9.59 Å². The average Bonchev–Trinajstić information content (AvgIpc) is 2.90. The molecule has 0 spiro atoms. The number of hydrogen-bond acceptors (Lipinski definition) is 4. The smallest absolute Gasteiger partial charge is 0.272 e. The first-order valence-corrected chi connectivity index (χ1v) is 6.46. The highest BCUT2D eigenvalue weighted by Gasteiger charge is 2.21. The highest BCUT2D eigenvalue weighted by molar-refractivity contribution is 5.93. The summed E-state index contributed by atoms with van der Waals surface area (Å²) >= 11 is 0. The van der Waals surface area contributed by atoms with E-state index in [4.69, 9.17) is 0 Å². The molecule has 0 saturated heterocycles. The van der Waals surface area contributed by atoms with Crippen molar-refractivity contribution in [3.63, 3.8) is 0 Å². The lowest BCUT2D eigenvalue weighted by Crippen LogP contribution is -2.28. The minimum absolute atomic E-state index is 0.160. The van der Waals surface area contributed by atoms with Crippen molar-refractivity contribution in [2.45, 2.75) is 19.5 Å². The predicted molar refractivity (Wildman–Crippen MR) is 72.2 cm³/mol. The fourth-order valence-electron chi connectivity index (χ4n) is 2.23. The number of carbonyl (C=O) groups is 1. The van der Waals surface area contributed by atoms with E-state index in [1.54, 1.807) is 12.3 Å². The molecule has 1 amide bonds. The Kier molecular flexibility index (Phi) is 3.34. The number of hydrogen-bond donors (Lipinski definition) is 4. The number of carbonyl (C=O) groups excluding carboxylic acids is 1. The van der Waals surface area contributed by atoms with Gasteiger partial charge in [-0.05, 0) is 5.56 Å². The zero-order chi connectivity index (χ0) is 13.9. The molecule has 0 radical (unpaired) electrons. The van der Waals surface area contributed by atoms with E-state index in [1.165, 1.54) is 6.07 Å². The monoisotopic (exact) mass is 273 g/mol. The van der Waals surface area contributed by atoms with E-state index in [1.807, 2.05) is 0 Å². The predicted octanol–water partition coefficient (Wildman–Crippen LogP) is -0.326. The minimum Gasteiger partial charge on any atom is -0.346 e. The average molecular weight is 273 g/mol. The van der Waals surface area contributed by atoms with Crippen LogP contribution in [-0.2, 0) is 19.5 Å². The number of pyridine rings is 1. The van der Waals surface area contributed by atoms with Gasteiger partial charge in [-0.3, -0.25) is 14.7 Å². The number of amides is 1. The summed E-state index contributed by atoms with van der Waals surface area (Å²) in [6, 6.07) is 3.11. The standard InChI is InChI=1S/C13H15N5O2/c19-11-2-1-8(5-15-11)6-16-13(20)12-9-7-14-4-3-10(9)17-18-12/h1-2,5,14H,3-4,6-7H2,(H,15,19)(H,16,20)(H,17,18). The molecular weight excluding hydrogens is 258 g/mol. The number of aromatic amines is 2. The van der Waals surface area contributed by atoms with Crippen LogP contribution in [0.1, 0.15) is 27.3 Å². The first-order valence-electron chi connectivity index (χ1n) is 6.46. The summed E-state index contributed by atoms with van der Waals surface area (Å²) in [7, 11) is 0. The Morgan fingerprint density at radius 2 is 2.30 bits per heavy atom. The van der Waals surface area contributed by atoms with Gasteiger partial charge in [0, 0.05) is 49.6 Å². The fraction of sp³-hybridized carbons (Fsp3) is 0.308. The van der Waals surface area contributed by atoms with Gasteiger partial charge in [0.05, 0.1) is 0 Å². The van der Waals surface area contributed by atoms with E-state index in [2.05, 4.69) is 25.8 Å². The van der Waals surface area contributed by atoms with Crippen LogP contribution in [0.3, 0.4) is 0 Å². The lowest BCUT2D eigenvalue weighted by atomic mass is 10.1. The number of nitrogens with one attached hydrogen (secondary N) is 4. The van der Waals surface area contributed by atoms with Crippen molar-refractivity contribution in [3.05, 3.63) is 51.2 Å². The lowest BCUT2D eigenvalue weighted by Gasteiger charge is -2.12. The number of H-pyrrole nitrogens is 2. The molecule has 20 heavy (non-hydrogen) atoms. The second-order valence-electron chi connectivity index (χ2n) is 4.70. The summed E-state index contributed by atoms with van der Waals surface area (Å²) < 4.78 is 0. The quantitative estimate of drug-likeness (QED) is 0.615. The summed E-state index contributed by atoms with van der Waals surface area (Å²) in [5.41, 5.74) is 3.08. The molecule has 0 aromatic carbocycles. The Morgan fingerprint density at radius 3 is 3.10 bits per heavy atom. The SMILES string of the molecule is O=C(NCc1ccc(=O)[nH]c1)c1n[nH]c2c1CNCC2. The number of fused-ring (bicyclic) bond motifs is 1. The molecule has 0 fully saturated rings. The van der Waals surface area contributed by atoms with Gasteiger partial charge in [0.15, 0.2) is 5.69 Å². The van der Waals surface area contributed by atoms with E-state index in [0.717, 1.165) is 29.8 Å². The molecular formula is C13H15N5O2. The topological polar surface area (TPSA) is 103 Å². The molecule has 0 saturated carbocycles. The maximum atomic E-state index is 12.1. The molecule has 7 nitrogen and oxygen atoms in total. The summed E-state index contributed by atoms with van der Waals surface area (Å²) in [5, 5.41) is 13.0. The Bertz CT molecular complexity index is 668. The van der Waals surface area contributed by atoms with Crippen LogP contribution in [0.15, 0.2) is 23.1 Å². The summed E-state index contributed by atoms with van der Waals surface area (Å²) in [6.45, 7) is 1.91. The molecule has 4 N–H and O–H groups in total. The normalized spacial score (nSPS) is 13.8. The van der Waals surface area contributed by atoms with Crippen LogP contribution in [0.2, 0.25) is 0 Å². The maximum Gasteiger partial charge on any atom is 0.272 e. The van der Waals surface area contributed by atoms with Crippen molar-refractivity contribution in [2.24, 2.45) is 0 Å². The maximum absolute atomic E-state index is 12.1. The van der Waals surface area contributed by atoms with Crippen molar-refractivity contribution in [1.82, 2.24) is 25.8 Å². The van der Waals surface area contributed by atoms with Crippen LogP contribution in [0.4, 0.5) is 0 Å². The van der Waals surface area contributed by atoms with Crippen molar-refractivity contribution in [1.29, 1.82) is 0 Å². The number of rotatable bonds is 3. The molecule has 2 aromatic rings. The highest BCUT2D eigenvalue weighted by Crippen LogP contribution is 2.15. The minimum atomic E-state index is -0.211. The molecule has 7 heteroatoms. The van der Waals surface area contributed by atoms with Crippen LogP contribution >= 0.6 is 0 Å². The molecule has 1 aliphatic heterocycles. The number of aromatic nitrogens is 3. The zero-order valence-electron chi connectivity index (χ0n) is 10.8. The molecule has 3 rings (SSSR count). The summed E-state index contributed by atoms with van der Waals surface area (Å²) in [5.74, 6) is -0.211. The van der Waals surface area contributed by atoms with Gasteiger partial charge in [0.2, 0.25) is 5.56 Å². The Morgan fingerprint density at radius 1 is 1.40 bits per heavy atom. The van der Waals surface area contributed by atoms with E-state index >= 15 is 0 Å². The third-order valence-electron chi connectivity index (χ3n) is 3.32. The molecule has 0 aliphatic carbocycles. The summed E-state index contributed by atoms with van der Waals surface area (Å²) in [6.07, 6.45) is 2.44. The van der Waals surface area contributed by atoms with Crippen LogP contribution < -0.4 is 16.2 Å².